The van der Waals surface area contributed by atoms with E-state index in [-0.39, 0.29) is 0 Å². The van der Waals surface area contributed by atoms with E-state index in [1.165, 1.54) is 16.7 Å². The van der Waals surface area contributed by atoms with Crippen LogP contribution < -0.4 is 0 Å². The molecule has 0 saturated carbocycles. The van der Waals surface area contributed by atoms with Crippen LogP contribution in [0.2, 0.25) is 0 Å². The lowest BCUT2D eigenvalue weighted by atomic mass is 10.1. The molecule has 6 aromatic rings. The van der Waals surface area contributed by atoms with Gasteiger partial charge in [-0.2, -0.15) is 0 Å². The number of carbonyl (C=O) groups excluding carboxylic acids is 1. The fourth-order valence-corrected chi connectivity index (χ4v) is 4.17. The van der Waals surface area contributed by atoms with Crippen LogP contribution in [0, 0.1) is 27.7 Å². The molecule has 6 nitrogen and oxygen atoms in total. The van der Waals surface area contributed by atoms with Crippen LogP contribution in [0.5, 0.6) is 0 Å². The lowest BCUT2D eigenvalue weighted by Crippen LogP contribution is -1.93. The fourth-order valence-electron chi connectivity index (χ4n) is 4.17. The quantitative estimate of drug-likeness (QED) is 0.145. The number of hydrogen-bond donors (Lipinski definition) is 0. The first kappa shape index (κ1) is 30.5. The van der Waals surface area contributed by atoms with Gasteiger partial charge in [-0.3, -0.25) is 13.8 Å². The Morgan fingerprint density at radius 2 is 1.12 bits per heavy atom. The molecular weight excluding hydrogens is 598 g/mol. The van der Waals surface area contributed by atoms with Crippen molar-refractivity contribution in [2.24, 2.45) is 0 Å². The summed E-state index contributed by atoms with van der Waals surface area (Å²) in [4.78, 5) is 20.6. The number of benzene rings is 2. The van der Waals surface area contributed by atoms with Gasteiger partial charge in [0.05, 0.1) is 5.69 Å². The highest BCUT2D eigenvalue weighted by atomic mass is 36.0. The molecule has 0 saturated heterocycles. The van der Waals surface area contributed by atoms with Gasteiger partial charge in [0.25, 0.3) is 0 Å². The molecule has 0 aliphatic heterocycles. The highest BCUT2D eigenvalue weighted by molar-refractivity contribution is 8.24. The largest absolute Gasteiger partial charge is 0.339 e. The number of pyridine rings is 2. The van der Waals surface area contributed by atoms with E-state index in [2.05, 4.69) is 105 Å². The summed E-state index contributed by atoms with van der Waals surface area (Å²) in [5.41, 5.74) is 11.1. The average molecular weight is 626 g/mol. The summed E-state index contributed by atoms with van der Waals surface area (Å²) in [7, 11) is 0. The predicted octanol–water partition coefficient (Wildman–Crippen LogP) is 9.86. The normalized spacial score (nSPS) is 11.0. The monoisotopic (exact) mass is 624 g/mol. The van der Waals surface area contributed by atoms with Crippen molar-refractivity contribution in [2.75, 3.05) is 0 Å². The summed E-state index contributed by atoms with van der Waals surface area (Å²) in [6, 6.07) is 24.6. The Morgan fingerprint density at radius 1 is 0.634 bits per heavy atom. The summed E-state index contributed by atoms with van der Waals surface area (Å²) in [6.07, 6.45) is 6.98. The molecule has 0 fully saturated rings. The van der Waals surface area contributed by atoms with Gasteiger partial charge in [0, 0.05) is 29.7 Å². The number of fused-ring (bicyclic) bond motifs is 2. The minimum Gasteiger partial charge on any atom is -0.306 e. The molecule has 4 heterocycles. The zero-order chi connectivity index (χ0) is 29.7. The van der Waals surface area contributed by atoms with E-state index in [1.807, 2.05) is 66.9 Å². The topological polar surface area (TPSA) is 68.7 Å². The van der Waals surface area contributed by atoms with E-state index >= 15 is 0 Å². The van der Waals surface area contributed by atoms with Gasteiger partial charge in [-0.15, -0.1) is 0 Å². The minimum absolute atomic E-state index is 0.600. The first-order chi connectivity index (χ1) is 19.4. The van der Waals surface area contributed by atoms with Crippen LogP contribution in [0.1, 0.15) is 32.7 Å². The van der Waals surface area contributed by atoms with Crippen molar-refractivity contribution in [1.82, 2.24) is 18.8 Å². The molecule has 10 heteroatoms. The first-order valence-electron chi connectivity index (χ1n) is 12.6. The Hall–Kier alpha value is -3.41. The van der Waals surface area contributed by atoms with Crippen LogP contribution in [0.3, 0.4) is 0 Å². The van der Waals surface area contributed by atoms with Gasteiger partial charge < -0.3 is 4.40 Å². The SMILES string of the molecule is Cc1ccc(-c2cn3cc(C)ccc3n2)cc1.Cc1ccc(-c2nc3ccc(C)cn3c2C=O)cc1.O=P(Cl)(Cl)Cl. The number of aldehydes is 1. The van der Waals surface area contributed by atoms with Crippen LogP contribution >= 0.6 is 38.9 Å². The molecule has 41 heavy (non-hydrogen) atoms. The summed E-state index contributed by atoms with van der Waals surface area (Å²) in [5.74, 6) is 0. The molecule has 0 unspecified atom stereocenters. The summed E-state index contributed by atoms with van der Waals surface area (Å²) >= 11 is 13.8. The lowest BCUT2D eigenvalue weighted by Gasteiger charge is -2.00. The van der Waals surface area contributed by atoms with Crippen molar-refractivity contribution in [3.05, 3.63) is 119 Å². The predicted molar refractivity (Wildman–Crippen MR) is 171 cm³/mol. The standard InChI is InChI=1S/C16H14N2O.C15H14N2.Cl3OP/c1-11-3-6-13(7-4-11)16-14(10-19)18-9-12(2)5-8-15(18)17-16;1-11-3-6-13(7-4-11)14-10-17-9-12(2)5-8-15(17)16-14;1-5(2,3)4/h3-10H,1-2H3;3-10H,1-2H3;. The van der Waals surface area contributed by atoms with Gasteiger partial charge in [0.2, 0.25) is 0 Å². The Morgan fingerprint density at radius 3 is 1.68 bits per heavy atom. The first-order valence-corrected chi connectivity index (χ1v) is 17.1. The second kappa shape index (κ2) is 13.1. The second-order valence-corrected chi connectivity index (χ2v) is 16.3. The number of hydrogen-bond acceptors (Lipinski definition) is 4. The average Bonchev–Trinajstić information content (AvgIpc) is 3.49. The number of aromatic nitrogens is 4. The Bertz CT molecular complexity index is 1850. The molecule has 2 aromatic carbocycles. The van der Waals surface area contributed by atoms with Crippen LogP contribution in [-0.4, -0.2) is 25.1 Å². The number of rotatable bonds is 3. The number of halogens is 3. The maximum Gasteiger partial charge on any atom is 0.339 e. The van der Waals surface area contributed by atoms with Gasteiger partial charge in [-0.25, -0.2) is 9.97 Å². The molecule has 0 N–H and O–H groups in total. The lowest BCUT2D eigenvalue weighted by molar-refractivity contribution is 0.111. The molecule has 0 aliphatic rings. The molecule has 0 amide bonds. The third-order valence-corrected chi connectivity index (χ3v) is 6.19. The van der Waals surface area contributed by atoms with Crippen molar-refractivity contribution in [3.8, 4) is 22.5 Å². The van der Waals surface area contributed by atoms with E-state index in [1.54, 1.807) is 0 Å². The van der Waals surface area contributed by atoms with Crippen LogP contribution in [0.15, 0.2) is 91.4 Å². The van der Waals surface area contributed by atoms with Gasteiger partial charge in [0.15, 0.2) is 6.29 Å². The molecule has 210 valence electrons. The Kier molecular flexibility index (Phi) is 9.72. The van der Waals surface area contributed by atoms with Crippen LogP contribution in [0.25, 0.3) is 33.8 Å². The Balaban J connectivity index is 0.000000163. The maximum atomic E-state index is 11.4. The van der Waals surface area contributed by atoms with E-state index < -0.39 is 5.20 Å². The van der Waals surface area contributed by atoms with Crippen molar-refractivity contribution in [3.63, 3.8) is 0 Å². The number of aryl methyl sites for hydroxylation is 4. The van der Waals surface area contributed by atoms with Gasteiger partial charge in [-0.05, 0) is 84.7 Å². The molecule has 0 aliphatic carbocycles. The summed E-state index contributed by atoms with van der Waals surface area (Å²) in [5, 5.41) is -3.22. The molecule has 6 rings (SSSR count). The summed E-state index contributed by atoms with van der Waals surface area (Å²) in [6.45, 7) is 8.22. The van der Waals surface area contributed by atoms with E-state index in [0.717, 1.165) is 45.7 Å². The van der Waals surface area contributed by atoms with E-state index in [4.69, 9.17) is 0 Å². The van der Waals surface area contributed by atoms with Crippen molar-refractivity contribution in [1.29, 1.82) is 0 Å². The molecule has 0 bridgehead atoms. The molecule has 0 atom stereocenters. The smallest absolute Gasteiger partial charge is 0.306 e. The molecule has 4 aromatic heterocycles. The Labute approximate surface area is 253 Å². The zero-order valence-corrected chi connectivity index (χ0v) is 26.1. The number of nitrogens with zero attached hydrogens (tertiary/aromatic N) is 4. The van der Waals surface area contributed by atoms with Crippen molar-refractivity contribution in [2.45, 2.75) is 27.7 Å². The fraction of sp³-hybridized carbons (Fsp3) is 0.129. The zero-order valence-electron chi connectivity index (χ0n) is 22.9. The van der Waals surface area contributed by atoms with E-state index in [0.29, 0.717) is 5.69 Å². The highest BCUT2D eigenvalue weighted by Gasteiger charge is 2.13. The summed E-state index contributed by atoms with van der Waals surface area (Å²) < 4.78 is 13.4. The van der Waals surface area contributed by atoms with E-state index in [9.17, 15) is 9.36 Å². The van der Waals surface area contributed by atoms with Gasteiger partial charge in [0.1, 0.15) is 22.7 Å². The van der Waals surface area contributed by atoms with Gasteiger partial charge in [-0.1, -0.05) is 71.8 Å². The third kappa shape index (κ3) is 8.31. The molecular formula is C31H28Cl3N4O2P. The second-order valence-electron chi connectivity index (χ2n) is 9.63. The van der Waals surface area contributed by atoms with Crippen molar-refractivity contribution >= 4 is 56.5 Å². The maximum absolute atomic E-state index is 11.4. The third-order valence-electron chi connectivity index (χ3n) is 6.19. The molecule has 0 radical (unpaired) electrons. The van der Waals surface area contributed by atoms with Gasteiger partial charge >= 0.3 is 5.20 Å². The van der Waals surface area contributed by atoms with Crippen LogP contribution in [-0.2, 0) is 4.57 Å². The van der Waals surface area contributed by atoms with Crippen LogP contribution in [0.4, 0.5) is 0 Å². The number of carbonyl (C=O) groups is 1. The number of imidazole rings is 2. The minimum atomic E-state index is -3.22. The van der Waals surface area contributed by atoms with Crippen molar-refractivity contribution < 1.29 is 9.36 Å². The highest BCUT2D eigenvalue weighted by Crippen LogP contribution is 2.61. The molecule has 0 spiro atoms.